The van der Waals surface area contributed by atoms with E-state index in [0.29, 0.717) is 12.4 Å². The van der Waals surface area contributed by atoms with Crippen LogP contribution in [0.25, 0.3) is 0 Å². The van der Waals surface area contributed by atoms with E-state index in [2.05, 4.69) is 5.32 Å². The Bertz CT molecular complexity index is 996. The van der Waals surface area contributed by atoms with Gasteiger partial charge in [-0.15, -0.1) is 0 Å². The molecule has 0 saturated carbocycles. The quantitative estimate of drug-likeness (QED) is 0.635. The monoisotopic (exact) mass is 375 g/mol. The van der Waals surface area contributed by atoms with Crippen LogP contribution in [0, 0.1) is 0 Å². The lowest BCUT2D eigenvalue weighted by molar-refractivity contribution is -0.114. The van der Waals surface area contributed by atoms with Gasteiger partial charge in [0.2, 0.25) is 5.91 Å². The van der Waals surface area contributed by atoms with Crippen molar-refractivity contribution < 1.29 is 19.7 Å². The summed E-state index contributed by atoms with van der Waals surface area (Å²) in [5.74, 6) is 1.01. The number of phenols is 2. The number of hydrogen-bond donors (Lipinski definition) is 3. The number of phenolic OH excluding ortho intramolecular Hbond substituents is 2. The van der Waals surface area contributed by atoms with Gasteiger partial charge in [-0.2, -0.15) is 0 Å². The molecule has 2 unspecified atom stereocenters. The van der Waals surface area contributed by atoms with Crippen molar-refractivity contribution in [3.63, 3.8) is 0 Å². The van der Waals surface area contributed by atoms with Crippen LogP contribution >= 0.6 is 0 Å². The highest BCUT2D eigenvalue weighted by Crippen LogP contribution is 2.47. The number of ether oxygens (including phenoxy) is 1. The van der Waals surface area contributed by atoms with Gasteiger partial charge in [0.1, 0.15) is 17.2 Å². The second kappa shape index (κ2) is 7.27. The van der Waals surface area contributed by atoms with E-state index in [9.17, 15) is 15.0 Å². The second-order valence-electron chi connectivity index (χ2n) is 7.01. The van der Waals surface area contributed by atoms with Gasteiger partial charge in [-0.25, -0.2) is 0 Å². The molecule has 0 aromatic heterocycles. The van der Waals surface area contributed by atoms with Crippen molar-refractivity contribution in [3.8, 4) is 17.2 Å². The zero-order chi connectivity index (χ0) is 19.7. The van der Waals surface area contributed by atoms with Crippen molar-refractivity contribution in [2.75, 3.05) is 11.9 Å². The van der Waals surface area contributed by atoms with Crippen LogP contribution in [0.3, 0.4) is 0 Å². The topological polar surface area (TPSA) is 78.8 Å². The number of carbonyl (C=O) groups is 1. The van der Waals surface area contributed by atoms with E-state index >= 15 is 0 Å². The van der Waals surface area contributed by atoms with Gasteiger partial charge in [-0.3, -0.25) is 4.79 Å². The summed E-state index contributed by atoms with van der Waals surface area (Å²) in [7, 11) is 0. The maximum Gasteiger partial charge on any atom is 0.221 e. The minimum Gasteiger partial charge on any atom is -0.508 e. The van der Waals surface area contributed by atoms with Crippen LogP contribution in [0.5, 0.6) is 17.2 Å². The average Bonchev–Trinajstić information content (AvgIpc) is 2.68. The molecule has 142 valence electrons. The molecule has 1 amide bonds. The first-order valence-electron chi connectivity index (χ1n) is 9.13. The molecule has 0 saturated heterocycles. The van der Waals surface area contributed by atoms with E-state index in [1.165, 1.54) is 6.92 Å². The maximum atomic E-state index is 11.3. The van der Waals surface area contributed by atoms with Gasteiger partial charge in [0, 0.05) is 36.1 Å². The molecule has 5 heteroatoms. The Balaban J connectivity index is 1.78. The van der Waals surface area contributed by atoms with Crippen LogP contribution in [0.1, 0.15) is 35.4 Å². The van der Waals surface area contributed by atoms with Crippen molar-refractivity contribution >= 4 is 11.6 Å². The Labute approximate surface area is 163 Å². The van der Waals surface area contributed by atoms with E-state index < -0.39 is 0 Å². The van der Waals surface area contributed by atoms with Gasteiger partial charge in [0.05, 0.1) is 6.61 Å². The number of hydrogen-bond acceptors (Lipinski definition) is 4. The highest BCUT2D eigenvalue weighted by Gasteiger charge is 2.33. The fraction of sp³-hybridized carbons (Fsp3) is 0.174. The number of rotatable bonds is 3. The normalized spacial score (nSPS) is 18.0. The van der Waals surface area contributed by atoms with E-state index in [1.54, 1.807) is 24.3 Å². The molecule has 2 atom stereocenters. The van der Waals surface area contributed by atoms with E-state index in [-0.39, 0.29) is 29.2 Å². The second-order valence-corrected chi connectivity index (χ2v) is 7.01. The minimum atomic E-state index is -0.110. The molecule has 3 N–H and O–H groups in total. The molecular formula is C23H21NO4. The Morgan fingerprint density at radius 2 is 1.57 bits per heavy atom. The number of aromatic hydroxyl groups is 2. The molecule has 3 aromatic rings. The van der Waals surface area contributed by atoms with Gasteiger partial charge < -0.3 is 20.3 Å². The number of nitrogens with one attached hydrogen (secondary N) is 1. The van der Waals surface area contributed by atoms with Crippen molar-refractivity contribution in [1.82, 2.24) is 0 Å². The first-order chi connectivity index (χ1) is 13.5. The van der Waals surface area contributed by atoms with Gasteiger partial charge in [-0.05, 0) is 41.5 Å². The lowest BCUT2D eigenvalue weighted by atomic mass is 9.76. The molecule has 1 aliphatic heterocycles. The largest absolute Gasteiger partial charge is 0.508 e. The summed E-state index contributed by atoms with van der Waals surface area (Å²) in [5, 5.41) is 22.3. The van der Waals surface area contributed by atoms with Gasteiger partial charge >= 0.3 is 0 Å². The highest BCUT2D eigenvalue weighted by atomic mass is 16.5. The molecule has 3 aromatic carbocycles. The Morgan fingerprint density at radius 3 is 2.25 bits per heavy atom. The lowest BCUT2D eigenvalue weighted by Crippen LogP contribution is -2.25. The van der Waals surface area contributed by atoms with Crippen molar-refractivity contribution in [2.45, 2.75) is 18.8 Å². The molecule has 0 spiro atoms. The van der Waals surface area contributed by atoms with Crippen LogP contribution < -0.4 is 10.1 Å². The third-order valence-corrected chi connectivity index (χ3v) is 5.06. The van der Waals surface area contributed by atoms with Crippen LogP contribution in [0.15, 0.2) is 66.7 Å². The summed E-state index contributed by atoms with van der Waals surface area (Å²) in [6, 6.07) is 20.2. The maximum absolute atomic E-state index is 11.3. The number of carbonyl (C=O) groups excluding carboxylic acids is 1. The molecule has 1 aliphatic rings. The standard InChI is InChI=1S/C23H21NO4/c1-14(25)24-17-6-2-16(3-7-17)23-20-11-10-19(27)12-22(20)28-13-21(23)15-4-8-18(26)9-5-15/h2-12,21,23,26-27H,13H2,1H3,(H,24,25). The smallest absolute Gasteiger partial charge is 0.221 e. The van der Waals surface area contributed by atoms with E-state index in [1.807, 2.05) is 42.5 Å². The molecular weight excluding hydrogens is 354 g/mol. The van der Waals surface area contributed by atoms with Gasteiger partial charge in [0.25, 0.3) is 0 Å². The molecule has 0 aliphatic carbocycles. The summed E-state index contributed by atoms with van der Waals surface area (Å²) >= 11 is 0. The number of amides is 1. The van der Waals surface area contributed by atoms with Crippen LogP contribution in [-0.4, -0.2) is 22.7 Å². The Morgan fingerprint density at radius 1 is 0.929 bits per heavy atom. The number of fused-ring (bicyclic) bond motifs is 1. The third-order valence-electron chi connectivity index (χ3n) is 5.06. The molecule has 0 radical (unpaired) electrons. The zero-order valence-electron chi connectivity index (χ0n) is 15.4. The fourth-order valence-electron chi connectivity index (χ4n) is 3.80. The third kappa shape index (κ3) is 3.51. The van der Waals surface area contributed by atoms with E-state index in [0.717, 1.165) is 22.4 Å². The van der Waals surface area contributed by atoms with Crippen LogP contribution in [0.2, 0.25) is 0 Å². The molecule has 0 fully saturated rings. The summed E-state index contributed by atoms with van der Waals surface area (Å²) in [6.45, 7) is 1.94. The Kier molecular flexibility index (Phi) is 4.65. The Hall–Kier alpha value is -3.47. The molecule has 4 rings (SSSR count). The SMILES string of the molecule is CC(=O)Nc1ccc(C2c3ccc(O)cc3OCC2c2ccc(O)cc2)cc1. The summed E-state index contributed by atoms with van der Waals surface area (Å²) in [5.41, 5.74) is 3.89. The van der Waals surface area contributed by atoms with Crippen LogP contribution in [0.4, 0.5) is 5.69 Å². The first kappa shape index (κ1) is 17.9. The number of benzene rings is 3. The van der Waals surface area contributed by atoms with Crippen molar-refractivity contribution in [2.24, 2.45) is 0 Å². The number of anilines is 1. The van der Waals surface area contributed by atoms with Crippen molar-refractivity contribution in [3.05, 3.63) is 83.4 Å². The molecule has 28 heavy (non-hydrogen) atoms. The molecule has 1 heterocycles. The average molecular weight is 375 g/mol. The molecule has 0 bridgehead atoms. The first-order valence-corrected chi connectivity index (χ1v) is 9.13. The van der Waals surface area contributed by atoms with Gasteiger partial charge in [-0.1, -0.05) is 30.3 Å². The van der Waals surface area contributed by atoms with Crippen LogP contribution in [-0.2, 0) is 4.79 Å². The summed E-state index contributed by atoms with van der Waals surface area (Å²) < 4.78 is 5.95. The predicted molar refractivity (Wildman–Crippen MR) is 107 cm³/mol. The summed E-state index contributed by atoms with van der Waals surface area (Å²) in [6.07, 6.45) is 0. The minimum absolute atomic E-state index is 0.0141. The predicted octanol–water partition coefficient (Wildman–Crippen LogP) is 4.36. The fourth-order valence-corrected chi connectivity index (χ4v) is 3.80. The summed E-state index contributed by atoms with van der Waals surface area (Å²) in [4.78, 5) is 11.3. The van der Waals surface area contributed by atoms with E-state index in [4.69, 9.17) is 4.74 Å². The highest BCUT2D eigenvalue weighted by molar-refractivity contribution is 5.88. The lowest BCUT2D eigenvalue weighted by Gasteiger charge is -2.34. The zero-order valence-corrected chi connectivity index (χ0v) is 15.4. The molecule has 5 nitrogen and oxygen atoms in total. The van der Waals surface area contributed by atoms with Crippen molar-refractivity contribution in [1.29, 1.82) is 0 Å². The van der Waals surface area contributed by atoms with Gasteiger partial charge in [0.15, 0.2) is 0 Å².